The Morgan fingerprint density at radius 2 is 1.79 bits per heavy atom. The van der Waals surface area contributed by atoms with Gasteiger partial charge in [-0.1, -0.05) is 29.8 Å². The number of aromatic nitrogens is 2. The second kappa shape index (κ2) is 11.3. The van der Waals surface area contributed by atoms with E-state index in [9.17, 15) is 22.8 Å². The summed E-state index contributed by atoms with van der Waals surface area (Å²) in [6.07, 6.45) is -3.37. The van der Waals surface area contributed by atoms with Gasteiger partial charge >= 0.3 is 6.18 Å². The first-order valence-corrected chi connectivity index (χ1v) is 12.2. The molecular weight excluding hydrogens is 556 g/mol. The van der Waals surface area contributed by atoms with E-state index < -0.39 is 29.1 Å². The van der Waals surface area contributed by atoms with Crippen LogP contribution in [0.5, 0.6) is 0 Å². The van der Waals surface area contributed by atoms with Crippen molar-refractivity contribution in [2.75, 3.05) is 17.2 Å². The van der Waals surface area contributed by atoms with Gasteiger partial charge in [-0.05, 0) is 61.7 Å². The predicted molar refractivity (Wildman–Crippen MR) is 145 cm³/mol. The van der Waals surface area contributed by atoms with Crippen LogP contribution in [0.15, 0.2) is 54.6 Å². The zero-order chi connectivity index (χ0) is 27.0. The average Bonchev–Trinajstić information content (AvgIpc) is 3.56. The maximum atomic E-state index is 13.5. The van der Waals surface area contributed by atoms with E-state index in [1.165, 1.54) is 24.3 Å². The summed E-state index contributed by atoms with van der Waals surface area (Å²) < 4.78 is 46.1. The standard InChI is InChI=1S/C27H22ClF3N4O3.ClH/c1-14-19(28)8-4-9-20(14)34-26(37)17-12-15(13-21-23(17)35-24(33-21)22-10-5-11-38-22)32-25(36)16-6-2-3-7-18(16)27(29,30)31;/h2-4,6-9,12-13,22H,5,10-11H2,1H3,(H,32,36)(H,33,35)(H,34,37);1H/t22-;/m0./s1. The van der Waals surface area contributed by atoms with E-state index in [4.69, 9.17) is 16.3 Å². The third-order valence-electron chi connectivity index (χ3n) is 6.34. The summed E-state index contributed by atoms with van der Waals surface area (Å²) in [6.45, 7) is 2.34. The SMILES string of the molecule is Cc1c(Cl)cccc1NC(=O)c1cc(NC(=O)c2ccccc2C(F)(F)F)cc2[nH]c([C@@H]3CCCO3)nc12.Cl. The molecule has 4 aromatic rings. The van der Waals surface area contributed by atoms with E-state index in [0.29, 0.717) is 39.7 Å². The van der Waals surface area contributed by atoms with E-state index in [2.05, 4.69) is 20.6 Å². The van der Waals surface area contributed by atoms with Gasteiger partial charge in [-0.15, -0.1) is 12.4 Å². The Balaban J connectivity index is 0.00000353. The number of benzene rings is 3. The molecular formula is C27H23Cl2F3N4O3. The van der Waals surface area contributed by atoms with Gasteiger partial charge in [-0.3, -0.25) is 9.59 Å². The monoisotopic (exact) mass is 578 g/mol. The van der Waals surface area contributed by atoms with Crippen molar-refractivity contribution in [3.63, 3.8) is 0 Å². The van der Waals surface area contributed by atoms with Gasteiger partial charge < -0.3 is 20.4 Å². The molecule has 1 aliphatic rings. The number of H-pyrrole nitrogens is 1. The fraction of sp³-hybridized carbons (Fsp3) is 0.222. The summed E-state index contributed by atoms with van der Waals surface area (Å²) in [5.74, 6) is -0.970. The number of nitrogens with zero attached hydrogens (tertiary/aromatic N) is 1. The Kier molecular flexibility index (Phi) is 8.20. The highest BCUT2D eigenvalue weighted by Crippen LogP contribution is 2.34. The van der Waals surface area contributed by atoms with Gasteiger partial charge in [0.05, 0.1) is 22.2 Å². The molecule has 5 rings (SSSR count). The topological polar surface area (TPSA) is 96.1 Å². The lowest BCUT2D eigenvalue weighted by Gasteiger charge is -2.14. The molecule has 204 valence electrons. The first kappa shape index (κ1) is 28.4. The zero-order valence-electron chi connectivity index (χ0n) is 20.5. The van der Waals surface area contributed by atoms with Gasteiger partial charge in [0, 0.05) is 23.0 Å². The van der Waals surface area contributed by atoms with Crippen LogP contribution in [0, 0.1) is 6.92 Å². The summed E-state index contributed by atoms with van der Waals surface area (Å²) in [5.41, 5.74) is 0.539. The maximum Gasteiger partial charge on any atom is 0.417 e. The van der Waals surface area contributed by atoms with Gasteiger partial charge in [0.15, 0.2) is 0 Å². The van der Waals surface area contributed by atoms with Crippen LogP contribution in [0.2, 0.25) is 5.02 Å². The smallest absolute Gasteiger partial charge is 0.370 e. The van der Waals surface area contributed by atoms with Gasteiger partial charge in [0.25, 0.3) is 11.8 Å². The minimum Gasteiger partial charge on any atom is -0.370 e. The molecule has 1 aliphatic heterocycles. The largest absolute Gasteiger partial charge is 0.417 e. The fourth-order valence-electron chi connectivity index (χ4n) is 4.39. The molecule has 12 heteroatoms. The molecule has 1 aromatic heterocycles. The summed E-state index contributed by atoms with van der Waals surface area (Å²) in [4.78, 5) is 34.1. The number of hydrogen-bond acceptors (Lipinski definition) is 4. The maximum absolute atomic E-state index is 13.5. The first-order chi connectivity index (χ1) is 18.1. The minimum absolute atomic E-state index is 0. The van der Waals surface area contributed by atoms with Gasteiger partial charge in [0.1, 0.15) is 17.4 Å². The van der Waals surface area contributed by atoms with Gasteiger partial charge in [-0.2, -0.15) is 13.2 Å². The third-order valence-corrected chi connectivity index (χ3v) is 6.74. The number of amides is 2. The van der Waals surface area contributed by atoms with E-state index in [0.717, 1.165) is 25.0 Å². The van der Waals surface area contributed by atoms with Crippen molar-refractivity contribution in [1.82, 2.24) is 9.97 Å². The van der Waals surface area contributed by atoms with Crippen LogP contribution in [0.3, 0.4) is 0 Å². The molecule has 1 saturated heterocycles. The molecule has 39 heavy (non-hydrogen) atoms. The highest BCUT2D eigenvalue weighted by molar-refractivity contribution is 6.31. The molecule has 7 nitrogen and oxygen atoms in total. The number of alkyl halides is 3. The van der Waals surface area contributed by atoms with Crippen LogP contribution in [0.4, 0.5) is 24.5 Å². The van der Waals surface area contributed by atoms with Crippen LogP contribution in [-0.4, -0.2) is 28.4 Å². The molecule has 0 unspecified atom stereocenters. The number of aromatic amines is 1. The molecule has 2 heterocycles. The molecule has 3 aromatic carbocycles. The number of nitrogens with one attached hydrogen (secondary N) is 3. The van der Waals surface area contributed by atoms with Crippen molar-refractivity contribution in [2.45, 2.75) is 32.0 Å². The van der Waals surface area contributed by atoms with Crippen molar-refractivity contribution < 1.29 is 27.5 Å². The van der Waals surface area contributed by atoms with Crippen molar-refractivity contribution in [3.8, 4) is 0 Å². The number of carbonyl (C=O) groups is 2. The number of halogens is 5. The summed E-state index contributed by atoms with van der Waals surface area (Å²) in [5, 5.41) is 5.78. The van der Waals surface area contributed by atoms with E-state index in [1.807, 2.05) is 0 Å². The van der Waals surface area contributed by atoms with Crippen molar-refractivity contribution in [1.29, 1.82) is 0 Å². The van der Waals surface area contributed by atoms with Gasteiger partial charge in [-0.25, -0.2) is 4.98 Å². The minimum atomic E-state index is -4.71. The zero-order valence-corrected chi connectivity index (χ0v) is 22.1. The van der Waals surface area contributed by atoms with Crippen LogP contribution >= 0.6 is 24.0 Å². The number of rotatable bonds is 5. The number of ether oxygens (including phenoxy) is 1. The molecule has 0 bridgehead atoms. The first-order valence-electron chi connectivity index (χ1n) is 11.8. The Hall–Kier alpha value is -3.60. The third kappa shape index (κ3) is 5.88. The van der Waals surface area contributed by atoms with Crippen LogP contribution in [-0.2, 0) is 10.9 Å². The molecule has 0 saturated carbocycles. The molecule has 0 aliphatic carbocycles. The van der Waals surface area contributed by atoms with Crippen molar-refractivity contribution in [2.24, 2.45) is 0 Å². The summed E-state index contributed by atoms with van der Waals surface area (Å²) in [6, 6.07) is 12.5. The lowest BCUT2D eigenvalue weighted by atomic mass is 10.1. The molecule has 0 radical (unpaired) electrons. The van der Waals surface area contributed by atoms with E-state index >= 15 is 0 Å². The van der Waals surface area contributed by atoms with E-state index in [-0.39, 0.29) is 29.8 Å². The predicted octanol–water partition coefficient (Wildman–Crippen LogP) is 7.32. The van der Waals surface area contributed by atoms with Crippen molar-refractivity contribution >= 4 is 58.2 Å². The second-order valence-electron chi connectivity index (χ2n) is 8.91. The fourth-order valence-corrected chi connectivity index (χ4v) is 4.56. The van der Waals surface area contributed by atoms with Crippen molar-refractivity contribution in [3.05, 3.63) is 87.7 Å². The highest BCUT2D eigenvalue weighted by Gasteiger charge is 2.35. The number of imidazole rings is 1. The highest BCUT2D eigenvalue weighted by atomic mass is 35.5. The quantitative estimate of drug-likeness (QED) is 0.231. The Bertz CT molecular complexity index is 1550. The van der Waals surface area contributed by atoms with Gasteiger partial charge in [0.2, 0.25) is 0 Å². The number of carbonyl (C=O) groups excluding carboxylic acids is 2. The molecule has 2 amide bonds. The molecule has 0 spiro atoms. The molecule has 1 atom stereocenters. The second-order valence-corrected chi connectivity index (χ2v) is 9.31. The lowest BCUT2D eigenvalue weighted by Crippen LogP contribution is -2.19. The average molecular weight is 579 g/mol. The van der Waals surface area contributed by atoms with E-state index in [1.54, 1.807) is 25.1 Å². The summed E-state index contributed by atoms with van der Waals surface area (Å²) >= 11 is 6.19. The normalized spacial score (nSPS) is 15.2. The Labute approximate surface area is 232 Å². The van der Waals surface area contributed by atoms with Crippen LogP contribution in [0.1, 0.15) is 56.6 Å². The number of hydrogen-bond donors (Lipinski definition) is 3. The molecule has 1 fully saturated rings. The Morgan fingerprint density at radius 3 is 2.51 bits per heavy atom. The van der Waals surface area contributed by atoms with Crippen LogP contribution in [0.25, 0.3) is 11.0 Å². The molecule has 3 N–H and O–H groups in total. The lowest BCUT2D eigenvalue weighted by molar-refractivity contribution is -0.137. The Morgan fingerprint density at radius 1 is 1.05 bits per heavy atom. The number of anilines is 2. The van der Waals surface area contributed by atoms with Crippen LogP contribution < -0.4 is 10.6 Å². The number of fused-ring (bicyclic) bond motifs is 1. The summed E-state index contributed by atoms with van der Waals surface area (Å²) in [7, 11) is 0.